The van der Waals surface area contributed by atoms with Gasteiger partial charge in [0, 0.05) is 44.6 Å². The molecule has 1 aromatic heterocycles. The first kappa shape index (κ1) is 32.3. The summed E-state index contributed by atoms with van der Waals surface area (Å²) in [6, 6.07) is 70.0. The molecule has 0 saturated carbocycles. The molecule has 0 amide bonds. The molecule has 0 atom stereocenters. The van der Waals surface area contributed by atoms with Gasteiger partial charge in [0.15, 0.2) is 5.58 Å². The number of furan rings is 1. The topological polar surface area (TPSA) is 19.6 Å². The van der Waals surface area contributed by atoms with E-state index < -0.39 is 0 Å². The van der Waals surface area contributed by atoms with Crippen molar-refractivity contribution in [3.8, 4) is 11.1 Å². The SMILES string of the molecule is CC1(C)c2cc(N(c3ccccc3)c3ccccc3)ccc2-c2cc3ccc(N(c4ccccc4)c4cccc5c4oc4ccccc45)cc3c3cccc1c23. The zero-order chi connectivity index (χ0) is 37.4. The number of nitrogens with zero attached hydrogens (tertiary/aromatic N) is 2. The Labute approximate surface area is 326 Å². The van der Waals surface area contributed by atoms with Gasteiger partial charge in [-0.2, -0.15) is 0 Å². The van der Waals surface area contributed by atoms with Gasteiger partial charge in [0.1, 0.15) is 5.58 Å². The summed E-state index contributed by atoms with van der Waals surface area (Å²) in [7, 11) is 0. The number of hydrogen-bond donors (Lipinski definition) is 0. The highest BCUT2D eigenvalue weighted by Gasteiger charge is 2.35. The smallest absolute Gasteiger partial charge is 0.159 e. The Hall–Kier alpha value is -7.10. The molecule has 1 aliphatic carbocycles. The van der Waals surface area contributed by atoms with Crippen molar-refractivity contribution < 1.29 is 4.42 Å². The summed E-state index contributed by atoms with van der Waals surface area (Å²) in [4.78, 5) is 4.70. The van der Waals surface area contributed by atoms with Crippen LogP contribution in [0.15, 0.2) is 199 Å². The van der Waals surface area contributed by atoms with Gasteiger partial charge in [0.2, 0.25) is 0 Å². The first-order chi connectivity index (χ1) is 27.5. The average molecular weight is 719 g/mol. The minimum Gasteiger partial charge on any atom is -0.454 e. The lowest BCUT2D eigenvalue weighted by molar-refractivity contribution is 0.645. The highest BCUT2D eigenvalue weighted by molar-refractivity contribution is 6.18. The van der Waals surface area contributed by atoms with E-state index in [0.29, 0.717) is 0 Å². The Morgan fingerprint density at radius 3 is 1.71 bits per heavy atom. The van der Waals surface area contributed by atoms with E-state index in [2.05, 4.69) is 212 Å². The summed E-state index contributed by atoms with van der Waals surface area (Å²) in [5.41, 5.74) is 13.4. The molecular formula is C53H38N2O. The summed E-state index contributed by atoms with van der Waals surface area (Å²) in [6.45, 7) is 4.77. The quantitative estimate of drug-likeness (QED) is 0.160. The lowest BCUT2D eigenvalue weighted by atomic mass is 9.68. The molecular weight excluding hydrogens is 681 g/mol. The summed E-state index contributed by atoms with van der Waals surface area (Å²) in [5.74, 6) is 0. The Morgan fingerprint density at radius 1 is 0.393 bits per heavy atom. The number of benzene rings is 9. The minimum atomic E-state index is -0.241. The van der Waals surface area contributed by atoms with Gasteiger partial charge in [-0.05, 0) is 123 Å². The summed E-state index contributed by atoms with van der Waals surface area (Å²) < 4.78 is 6.60. The van der Waals surface area contributed by atoms with Gasteiger partial charge >= 0.3 is 0 Å². The normalized spacial score (nSPS) is 13.0. The van der Waals surface area contributed by atoms with E-state index in [9.17, 15) is 0 Å². The van der Waals surface area contributed by atoms with Crippen LogP contribution < -0.4 is 9.80 Å². The highest BCUT2D eigenvalue weighted by Crippen LogP contribution is 2.52. The summed E-state index contributed by atoms with van der Waals surface area (Å²) >= 11 is 0. The van der Waals surface area contributed by atoms with E-state index in [1.165, 1.54) is 43.8 Å². The fourth-order valence-electron chi connectivity index (χ4n) is 9.15. The first-order valence-electron chi connectivity index (χ1n) is 19.4. The monoisotopic (exact) mass is 718 g/mol. The van der Waals surface area contributed by atoms with Gasteiger partial charge in [-0.15, -0.1) is 0 Å². The molecule has 0 N–H and O–H groups in total. The van der Waals surface area contributed by atoms with Gasteiger partial charge in [-0.3, -0.25) is 0 Å². The second kappa shape index (κ2) is 12.5. The van der Waals surface area contributed by atoms with E-state index in [4.69, 9.17) is 4.42 Å². The van der Waals surface area contributed by atoms with E-state index in [-0.39, 0.29) is 5.41 Å². The average Bonchev–Trinajstić information content (AvgIpc) is 3.64. The molecule has 3 nitrogen and oxygen atoms in total. The predicted molar refractivity (Wildman–Crippen MR) is 236 cm³/mol. The summed E-state index contributed by atoms with van der Waals surface area (Å²) in [6.07, 6.45) is 0. The standard InChI is InChI=1S/C53H38N2O/c1-53(2)47-25-14-23-43-45-33-39(55(38-20-10-5-11-21-38)49-26-15-24-44-42-22-12-13-27-50(42)56-52(44)49)29-28-35(45)32-46(51(43)47)41-31-30-40(34-48(41)53)54(36-16-6-3-7-17-36)37-18-8-4-9-19-37/h3-34H,1-2H3. The molecule has 0 unspecified atom stereocenters. The van der Waals surface area contributed by atoms with E-state index in [0.717, 1.165) is 56.1 Å². The number of anilines is 6. The molecule has 0 bridgehead atoms. The van der Waals surface area contributed by atoms with Crippen molar-refractivity contribution >= 4 is 77.6 Å². The molecule has 266 valence electrons. The number of fused-ring (bicyclic) bond motifs is 7. The van der Waals surface area contributed by atoms with Crippen LogP contribution in [0.3, 0.4) is 0 Å². The van der Waals surface area contributed by atoms with Crippen molar-refractivity contribution in [2.45, 2.75) is 19.3 Å². The third-order valence-corrected chi connectivity index (χ3v) is 11.8. The molecule has 0 spiro atoms. The van der Waals surface area contributed by atoms with Crippen LogP contribution in [-0.2, 0) is 5.41 Å². The molecule has 0 radical (unpaired) electrons. The van der Waals surface area contributed by atoms with Crippen molar-refractivity contribution in [1.82, 2.24) is 0 Å². The molecule has 10 aromatic rings. The molecule has 0 saturated heterocycles. The molecule has 1 aliphatic rings. The molecule has 9 aromatic carbocycles. The number of para-hydroxylation sites is 5. The van der Waals surface area contributed by atoms with Crippen LogP contribution in [0.5, 0.6) is 0 Å². The maximum Gasteiger partial charge on any atom is 0.159 e. The van der Waals surface area contributed by atoms with Crippen LogP contribution in [0, 0.1) is 0 Å². The van der Waals surface area contributed by atoms with Crippen molar-refractivity contribution in [2.24, 2.45) is 0 Å². The number of rotatable bonds is 6. The maximum absolute atomic E-state index is 6.60. The second-order valence-electron chi connectivity index (χ2n) is 15.3. The maximum atomic E-state index is 6.60. The highest BCUT2D eigenvalue weighted by atomic mass is 16.3. The van der Waals surface area contributed by atoms with Gasteiger partial charge in [-0.25, -0.2) is 0 Å². The largest absolute Gasteiger partial charge is 0.454 e. The van der Waals surface area contributed by atoms with Crippen LogP contribution in [-0.4, -0.2) is 0 Å². The van der Waals surface area contributed by atoms with Crippen LogP contribution in [0.4, 0.5) is 34.1 Å². The zero-order valence-corrected chi connectivity index (χ0v) is 31.3. The predicted octanol–water partition coefficient (Wildman–Crippen LogP) is 15.1. The van der Waals surface area contributed by atoms with Gasteiger partial charge < -0.3 is 14.2 Å². The van der Waals surface area contributed by atoms with Crippen LogP contribution in [0.25, 0.3) is 54.6 Å². The van der Waals surface area contributed by atoms with Crippen LogP contribution in [0.1, 0.15) is 25.0 Å². The van der Waals surface area contributed by atoms with Gasteiger partial charge in [0.05, 0.1) is 5.69 Å². The van der Waals surface area contributed by atoms with Gasteiger partial charge in [0.25, 0.3) is 0 Å². The van der Waals surface area contributed by atoms with Crippen LogP contribution in [0.2, 0.25) is 0 Å². The lowest BCUT2D eigenvalue weighted by Crippen LogP contribution is -2.24. The van der Waals surface area contributed by atoms with E-state index in [1.807, 2.05) is 6.07 Å². The molecule has 56 heavy (non-hydrogen) atoms. The molecule has 1 heterocycles. The Bertz CT molecular complexity index is 3070. The van der Waals surface area contributed by atoms with Crippen molar-refractivity contribution in [3.05, 3.63) is 205 Å². The third-order valence-electron chi connectivity index (χ3n) is 11.8. The Balaban J connectivity index is 1.11. The minimum absolute atomic E-state index is 0.241. The third kappa shape index (κ3) is 4.91. The van der Waals surface area contributed by atoms with Gasteiger partial charge in [-0.1, -0.05) is 129 Å². The molecule has 0 aliphatic heterocycles. The van der Waals surface area contributed by atoms with Crippen molar-refractivity contribution in [3.63, 3.8) is 0 Å². The van der Waals surface area contributed by atoms with E-state index >= 15 is 0 Å². The summed E-state index contributed by atoms with van der Waals surface area (Å²) in [5, 5.41) is 7.28. The lowest BCUT2D eigenvalue weighted by Gasteiger charge is -2.37. The van der Waals surface area contributed by atoms with Crippen molar-refractivity contribution in [1.29, 1.82) is 0 Å². The van der Waals surface area contributed by atoms with Crippen LogP contribution >= 0.6 is 0 Å². The second-order valence-corrected chi connectivity index (χ2v) is 15.3. The molecule has 3 heteroatoms. The van der Waals surface area contributed by atoms with Crippen molar-refractivity contribution in [2.75, 3.05) is 9.80 Å². The Morgan fingerprint density at radius 2 is 0.982 bits per heavy atom. The fraction of sp³-hybridized carbons (Fsp3) is 0.0566. The fourth-order valence-corrected chi connectivity index (χ4v) is 9.15. The number of hydrogen-bond acceptors (Lipinski definition) is 3. The van der Waals surface area contributed by atoms with E-state index in [1.54, 1.807) is 0 Å². The first-order valence-corrected chi connectivity index (χ1v) is 19.4. The Kier molecular flexibility index (Phi) is 7.20. The zero-order valence-electron chi connectivity index (χ0n) is 31.3. The molecule has 11 rings (SSSR count). The molecule has 0 fully saturated rings.